The number of anilines is 2. The van der Waals surface area contributed by atoms with Crippen molar-refractivity contribution >= 4 is 29.2 Å². The van der Waals surface area contributed by atoms with Crippen LogP contribution in [0.5, 0.6) is 11.5 Å². The van der Waals surface area contributed by atoms with Gasteiger partial charge in [-0.05, 0) is 18.8 Å². The topological polar surface area (TPSA) is 113 Å². The lowest BCUT2D eigenvalue weighted by Gasteiger charge is -2.32. The van der Waals surface area contributed by atoms with Crippen LogP contribution in [-0.4, -0.2) is 54.7 Å². The maximum Gasteiger partial charge on any atom is 0.223 e. The van der Waals surface area contributed by atoms with Crippen molar-refractivity contribution in [2.45, 2.75) is 19.4 Å². The van der Waals surface area contributed by atoms with E-state index in [0.29, 0.717) is 49.2 Å². The van der Waals surface area contributed by atoms with Gasteiger partial charge in [-0.1, -0.05) is 17.7 Å². The van der Waals surface area contributed by atoms with Crippen molar-refractivity contribution in [3.8, 4) is 11.5 Å². The number of carbonyl (C=O) groups is 1. The highest BCUT2D eigenvalue weighted by atomic mass is 35.5. The van der Waals surface area contributed by atoms with E-state index in [-0.39, 0.29) is 28.4 Å². The number of fused-ring (bicyclic) bond motifs is 1. The molecule has 4 rings (SSSR count). The van der Waals surface area contributed by atoms with Crippen LogP contribution in [0.2, 0.25) is 5.15 Å². The molecule has 1 saturated heterocycles. The Kier molecular flexibility index (Phi) is 6.24. The highest BCUT2D eigenvalue weighted by Gasteiger charge is 2.33. The molecule has 2 aliphatic rings. The number of nitrogens with two attached hydrogens (primary N) is 1. The number of nitrogen functional groups attached to an aromatic ring is 1. The van der Waals surface area contributed by atoms with Crippen molar-refractivity contribution in [1.29, 1.82) is 0 Å². The Labute approximate surface area is 185 Å². The smallest absolute Gasteiger partial charge is 0.223 e. The molecule has 2 aliphatic heterocycles. The van der Waals surface area contributed by atoms with Crippen LogP contribution in [0.3, 0.4) is 0 Å². The van der Waals surface area contributed by atoms with Gasteiger partial charge >= 0.3 is 0 Å². The molecule has 0 spiro atoms. The average molecular weight is 446 g/mol. The standard InChI is InChI=1S/C21H24ClN5O4/c1-29-15-8-14(24-9-16(15)30-2)11-27-10-13(7-12-3-5-31-6-4-12)18(28)17-19(22)25-21(23)26-20(17)27/h7-9,12H,3-6,10-11H2,1-2H3,(H2,23,25,26)/b13-7+. The maximum absolute atomic E-state index is 13.2. The number of allylic oxidation sites excluding steroid dienone is 1. The molecule has 1 fully saturated rings. The Morgan fingerprint density at radius 1 is 1.26 bits per heavy atom. The molecule has 0 radical (unpaired) electrons. The fraction of sp³-hybridized carbons (Fsp3) is 0.429. The molecular weight excluding hydrogens is 422 g/mol. The summed E-state index contributed by atoms with van der Waals surface area (Å²) in [6.07, 6.45) is 5.40. The molecule has 0 aliphatic carbocycles. The third kappa shape index (κ3) is 4.42. The first-order chi connectivity index (χ1) is 15.0. The van der Waals surface area contributed by atoms with Gasteiger partial charge in [-0.15, -0.1) is 0 Å². The van der Waals surface area contributed by atoms with Crippen LogP contribution in [0.15, 0.2) is 23.9 Å². The first kappa shape index (κ1) is 21.3. The van der Waals surface area contributed by atoms with Gasteiger partial charge in [0.15, 0.2) is 17.3 Å². The number of ketones is 1. The maximum atomic E-state index is 13.2. The van der Waals surface area contributed by atoms with E-state index in [0.717, 1.165) is 18.5 Å². The van der Waals surface area contributed by atoms with Gasteiger partial charge in [-0.3, -0.25) is 9.78 Å². The Hall–Kier alpha value is -2.91. The van der Waals surface area contributed by atoms with Gasteiger partial charge in [0.25, 0.3) is 0 Å². The molecule has 0 atom stereocenters. The Morgan fingerprint density at radius 3 is 2.71 bits per heavy atom. The Bertz CT molecular complexity index is 1020. The van der Waals surface area contributed by atoms with Crippen LogP contribution in [0.1, 0.15) is 28.9 Å². The number of Topliss-reactive ketones (excluding diaryl/α,β-unsaturated/α-hetero) is 1. The monoisotopic (exact) mass is 445 g/mol. The summed E-state index contributed by atoms with van der Waals surface area (Å²) >= 11 is 6.33. The summed E-state index contributed by atoms with van der Waals surface area (Å²) in [6.45, 7) is 2.13. The zero-order chi connectivity index (χ0) is 22.0. The number of aromatic nitrogens is 3. The lowest BCUT2D eigenvalue weighted by Crippen LogP contribution is -2.36. The minimum atomic E-state index is -0.164. The van der Waals surface area contributed by atoms with Gasteiger partial charge in [0.2, 0.25) is 5.95 Å². The second-order valence-electron chi connectivity index (χ2n) is 7.43. The van der Waals surface area contributed by atoms with Gasteiger partial charge in [0.1, 0.15) is 16.5 Å². The van der Waals surface area contributed by atoms with E-state index < -0.39 is 0 Å². The number of ether oxygens (including phenoxy) is 3. The number of hydrogen-bond acceptors (Lipinski definition) is 9. The van der Waals surface area contributed by atoms with E-state index in [2.05, 4.69) is 15.0 Å². The summed E-state index contributed by atoms with van der Waals surface area (Å²) in [5, 5.41) is 0.0512. The molecule has 2 aromatic rings. The first-order valence-electron chi connectivity index (χ1n) is 9.98. The van der Waals surface area contributed by atoms with Gasteiger partial charge in [-0.25, -0.2) is 4.98 Å². The predicted octanol–water partition coefficient (Wildman–Crippen LogP) is 2.68. The molecule has 0 saturated carbocycles. The van der Waals surface area contributed by atoms with Crippen molar-refractivity contribution in [2.24, 2.45) is 5.92 Å². The van der Waals surface area contributed by atoms with Crippen molar-refractivity contribution in [2.75, 3.05) is 44.6 Å². The van der Waals surface area contributed by atoms with E-state index in [1.54, 1.807) is 26.5 Å². The number of halogens is 1. The van der Waals surface area contributed by atoms with E-state index in [1.165, 1.54) is 0 Å². The van der Waals surface area contributed by atoms with E-state index in [4.69, 9.17) is 31.5 Å². The number of nitrogens with zero attached hydrogens (tertiary/aromatic N) is 4. The molecule has 2 N–H and O–H groups in total. The molecule has 0 aromatic carbocycles. The Balaban J connectivity index is 1.71. The number of methoxy groups -OCH3 is 2. The predicted molar refractivity (Wildman–Crippen MR) is 116 cm³/mol. The van der Waals surface area contributed by atoms with Crippen molar-refractivity contribution < 1.29 is 19.0 Å². The third-order valence-electron chi connectivity index (χ3n) is 5.43. The second kappa shape index (κ2) is 9.07. The Morgan fingerprint density at radius 2 is 2.00 bits per heavy atom. The van der Waals surface area contributed by atoms with Gasteiger partial charge in [0, 0.05) is 31.4 Å². The lowest BCUT2D eigenvalue weighted by atomic mass is 9.92. The molecule has 4 heterocycles. The normalized spacial score (nSPS) is 18.2. The van der Waals surface area contributed by atoms with Crippen LogP contribution >= 0.6 is 11.6 Å². The number of pyridine rings is 1. The van der Waals surface area contributed by atoms with E-state index in [1.807, 2.05) is 11.0 Å². The number of carbonyl (C=O) groups excluding carboxylic acids is 1. The summed E-state index contributed by atoms with van der Waals surface area (Å²) in [7, 11) is 3.12. The van der Waals surface area contributed by atoms with Crippen LogP contribution in [-0.2, 0) is 11.3 Å². The highest BCUT2D eigenvalue weighted by Crippen LogP contribution is 2.35. The quantitative estimate of drug-likeness (QED) is 0.548. The molecule has 164 valence electrons. The zero-order valence-corrected chi connectivity index (χ0v) is 18.2. The van der Waals surface area contributed by atoms with Gasteiger partial charge in [0.05, 0.1) is 32.7 Å². The molecule has 0 bridgehead atoms. The van der Waals surface area contributed by atoms with Crippen LogP contribution in [0.25, 0.3) is 0 Å². The summed E-state index contributed by atoms with van der Waals surface area (Å²) in [6, 6.07) is 1.79. The van der Waals surface area contributed by atoms with Crippen molar-refractivity contribution in [3.05, 3.63) is 40.3 Å². The summed E-state index contributed by atoms with van der Waals surface area (Å²) in [4.78, 5) is 27.9. The molecule has 10 heteroatoms. The largest absolute Gasteiger partial charge is 0.493 e. The molecule has 0 amide bonds. The highest BCUT2D eigenvalue weighted by molar-refractivity contribution is 6.35. The SMILES string of the molecule is COc1cnc(CN2C/C(=C\C3CCOCC3)C(=O)c3c(Cl)nc(N)nc32)cc1OC. The average Bonchev–Trinajstić information content (AvgIpc) is 2.77. The summed E-state index contributed by atoms with van der Waals surface area (Å²) in [5.41, 5.74) is 7.47. The second-order valence-corrected chi connectivity index (χ2v) is 7.79. The minimum Gasteiger partial charge on any atom is -0.493 e. The van der Waals surface area contributed by atoms with Gasteiger partial charge in [-0.2, -0.15) is 4.98 Å². The van der Waals surface area contributed by atoms with Crippen molar-refractivity contribution in [1.82, 2.24) is 15.0 Å². The number of rotatable bonds is 5. The van der Waals surface area contributed by atoms with Crippen LogP contribution in [0, 0.1) is 5.92 Å². The van der Waals surface area contributed by atoms with Crippen LogP contribution < -0.4 is 20.1 Å². The van der Waals surface area contributed by atoms with Crippen molar-refractivity contribution in [3.63, 3.8) is 0 Å². The zero-order valence-electron chi connectivity index (χ0n) is 17.4. The van der Waals surface area contributed by atoms with Gasteiger partial charge < -0.3 is 24.8 Å². The third-order valence-corrected chi connectivity index (χ3v) is 5.70. The lowest BCUT2D eigenvalue weighted by molar-refractivity contribution is 0.0780. The first-order valence-corrected chi connectivity index (χ1v) is 10.4. The minimum absolute atomic E-state index is 0.0127. The molecular formula is C21H24ClN5O4. The van der Waals surface area contributed by atoms with E-state index >= 15 is 0 Å². The summed E-state index contributed by atoms with van der Waals surface area (Å²) in [5.74, 6) is 1.64. The fourth-order valence-corrected chi connectivity index (χ4v) is 4.12. The molecule has 2 aromatic heterocycles. The fourth-order valence-electron chi connectivity index (χ4n) is 3.86. The van der Waals surface area contributed by atoms with E-state index in [9.17, 15) is 4.79 Å². The number of hydrogen-bond donors (Lipinski definition) is 1. The molecule has 31 heavy (non-hydrogen) atoms. The summed E-state index contributed by atoms with van der Waals surface area (Å²) < 4.78 is 16.1. The molecule has 9 nitrogen and oxygen atoms in total. The molecule has 0 unspecified atom stereocenters. The van der Waals surface area contributed by atoms with Crippen LogP contribution in [0.4, 0.5) is 11.8 Å².